The third kappa shape index (κ3) is 9.21. The Morgan fingerprint density at radius 1 is 0.686 bits per heavy atom. The Bertz CT molecular complexity index is 1780. The summed E-state index contributed by atoms with van der Waals surface area (Å²) in [5.74, 6) is -7.39. The van der Waals surface area contributed by atoms with Crippen LogP contribution in [0.4, 0.5) is 35.1 Å². The predicted octanol–water partition coefficient (Wildman–Crippen LogP) is 13.7. The Kier molecular flexibility index (Phi) is 12.6. The molecule has 0 N–H and O–H groups in total. The molecule has 0 amide bonds. The second kappa shape index (κ2) is 16.9. The van der Waals surface area contributed by atoms with Crippen molar-refractivity contribution in [2.45, 2.75) is 96.0 Å². The van der Waals surface area contributed by atoms with E-state index in [-0.39, 0.29) is 41.0 Å². The lowest BCUT2D eigenvalue weighted by atomic mass is 9.77. The lowest BCUT2D eigenvalue weighted by molar-refractivity contribution is -0.189. The molecule has 1 aliphatic rings. The molecule has 0 heterocycles. The van der Waals surface area contributed by atoms with E-state index in [0.29, 0.717) is 30.2 Å². The third-order valence-electron chi connectivity index (χ3n) is 9.91. The summed E-state index contributed by atoms with van der Waals surface area (Å²) < 4.78 is 124. The van der Waals surface area contributed by atoms with E-state index in [9.17, 15) is 17.6 Å². The van der Waals surface area contributed by atoms with E-state index in [2.05, 4.69) is 18.2 Å². The van der Waals surface area contributed by atoms with E-state index < -0.39 is 57.9 Å². The van der Waals surface area contributed by atoms with Crippen molar-refractivity contribution in [3.05, 3.63) is 125 Å². The van der Waals surface area contributed by atoms with Crippen LogP contribution in [0.25, 0.3) is 22.3 Å². The number of unbranched alkanes of at least 4 members (excludes halogenated alkanes) is 4. The van der Waals surface area contributed by atoms with Gasteiger partial charge < -0.3 is 4.74 Å². The highest BCUT2D eigenvalue weighted by Gasteiger charge is 2.41. The number of allylic oxidation sites excluding steroid dienone is 1. The molecule has 4 aromatic rings. The van der Waals surface area contributed by atoms with Crippen LogP contribution in [0.1, 0.15) is 100 Å². The van der Waals surface area contributed by atoms with Crippen molar-refractivity contribution in [3.8, 4) is 28.0 Å². The van der Waals surface area contributed by atoms with Gasteiger partial charge in [-0.15, -0.1) is 6.58 Å². The molecule has 51 heavy (non-hydrogen) atoms. The Morgan fingerprint density at radius 2 is 1.27 bits per heavy atom. The first-order chi connectivity index (χ1) is 24.4. The molecule has 0 bridgehead atoms. The van der Waals surface area contributed by atoms with Gasteiger partial charge in [-0.05, 0) is 91.3 Å². The summed E-state index contributed by atoms with van der Waals surface area (Å²) in [4.78, 5) is 0. The number of halogens is 8. The quantitative estimate of drug-likeness (QED) is 0.0677. The number of rotatable bonds is 15. The lowest BCUT2D eigenvalue weighted by Crippen LogP contribution is -2.25. The summed E-state index contributed by atoms with van der Waals surface area (Å²) in [7, 11) is 0. The predicted molar refractivity (Wildman–Crippen MR) is 185 cm³/mol. The first-order valence-electron chi connectivity index (χ1n) is 17.7. The van der Waals surface area contributed by atoms with Gasteiger partial charge in [0.2, 0.25) is 0 Å². The highest BCUT2D eigenvalue weighted by Crippen LogP contribution is 2.41. The average molecular weight is 715 g/mol. The zero-order valence-corrected chi connectivity index (χ0v) is 28.6. The topological polar surface area (TPSA) is 9.23 Å². The van der Waals surface area contributed by atoms with Gasteiger partial charge in [0.25, 0.3) is 0 Å². The van der Waals surface area contributed by atoms with Gasteiger partial charge in [-0.1, -0.05) is 75.8 Å². The van der Waals surface area contributed by atoms with Crippen molar-refractivity contribution < 1.29 is 39.9 Å². The van der Waals surface area contributed by atoms with Crippen LogP contribution in [-0.4, -0.2) is 0 Å². The second-order valence-corrected chi connectivity index (χ2v) is 13.5. The van der Waals surface area contributed by atoms with E-state index in [1.807, 2.05) is 6.07 Å². The number of ether oxygens (including phenoxy) is 1. The van der Waals surface area contributed by atoms with Crippen molar-refractivity contribution in [2.24, 2.45) is 5.92 Å². The standard InChI is InChI=1S/C42H42F8O/c1-3-5-7-8-9-10-26-12-14-27(15-13-26)28-16-18-32(35(43)20-28)29-17-19-33(36(44)21-29)30-22-39(47)41(40(48)23-30)42(49,50)51-31-24-37(45)34(11-6-4-2)38(46)25-31/h4,16-27H,2-3,5-15H2,1H3. The molecule has 1 saturated carbocycles. The number of alkyl halides is 2. The molecule has 0 unspecified atom stereocenters. The van der Waals surface area contributed by atoms with Crippen molar-refractivity contribution in [3.63, 3.8) is 0 Å². The Hall–Kier alpha value is -4.14. The van der Waals surface area contributed by atoms with E-state index in [4.69, 9.17) is 0 Å². The van der Waals surface area contributed by atoms with E-state index >= 15 is 17.6 Å². The van der Waals surface area contributed by atoms with Crippen LogP contribution in [-0.2, 0) is 12.5 Å². The maximum Gasteiger partial charge on any atom is 0.432 e. The highest BCUT2D eigenvalue weighted by molar-refractivity contribution is 5.72. The monoisotopic (exact) mass is 714 g/mol. The molecule has 5 rings (SSSR count). The summed E-state index contributed by atoms with van der Waals surface area (Å²) >= 11 is 0. The Balaban J connectivity index is 1.27. The van der Waals surface area contributed by atoms with Gasteiger partial charge in [0.1, 0.15) is 46.2 Å². The van der Waals surface area contributed by atoms with E-state index in [0.717, 1.165) is 37.3 Å². The zero-order chi connectivity index (χ0) is 36.7. The van der Waals surface area contributed by atoms with E-state index in [1.54, 1.807) is 6.07 Å². The largest absolute Gasteiger partial charge is 0.432 e. The minimum atomic E-state index is -4.69. The first-order valence-corrected chi connectivity index (χ1v) is 17.7. The molecule has 4 aromatic carbocycles. The molecule has 9 heteroatoms. The van der Waals surface area contributed by atoms with Gasteiger partial charge in [0, 0.05) is 28.8 Å². The molecule has 0 radical (unpaired) electrons. The Morgan fingerprint density at radius 3 is 1.88 bits per heavy atom. The number of hydrogen-bond donors (Lipinski definition) is 0. The molecule has 1 fully saturated rings. The van der Waals surface area contributed by atoms with Crippen LogP contribution in [0.2, 0.25) is 0 Å². The van der Waals surface area contributed by atoms with Gasteiger partial charge >= 0.3 is 6.11 Å². The normalized spacial score (nSPS) is 16.3. The van der Waals surface area contributed by atoms with Crippen LogP contribution in [0.15, 0.2) is 73.3 Å². The molecule has 0 aromatic heterocycles. The highest BCUT2D eigenvalue weighted by atomic mass is 19.3. The fraction of sp³-hybridized carbons (Fsp3) is 0.381. The van der Waals surface area contributed by atoms with Crippen molar-refractivity contribution in [2.75, 3.05) is 0 Å². The third-order valence-corrected chi connectivity index (χ3v) is 9.91. The van der Waals surface area contributed by atoms with Gasteiger partial charge in [0.05, 0.1) is 0 Å². The first kappa shape index (κ1) is 38.1. The van der Waals surface area contributed by atoms with Crippen molar-refractivity contribution in [1.82, 2.24) is 0 Å². The molecule has 0 atom stereocenters. The Labute approximate surface area is 294 Å². The lowest BCUT2D eigenvalue weighted by Gasteiger charge is -2.29. The smallest absolute Gasteiger partial charge is 0.429 e. The van der Waals surface area contributed by atoms with Gasteiger partial charge in [0.15, 0.2) is 0 Å². The van der Waals surface area contributed by atoms with E-state index in [1.165, 1.54) is 62.8 Å². The molecule has 0 spiro atoms. The van der Waals surface area contributed by atoms with Crippen LogP contribution < -0.4 is 4.74 Å². The number of benzene rings is 4. The minimum absolute atomic E-state index is 0.0819. The van der Waals surface area contributed by atoms with Crippen LogP contribution in [0.3, 0.4) is 0 Å². The average Bonchev–Trinajstić information content (AvgIpc) is 3.07. The van der Waals surface area contributed by atoms with Crippen LogP contribution in [0.5, 0.6) is 5.75 Å². The fourth-order valence-electron chi connectivity index (χ4n) is 7.09. The second-order valence-electron chi connectivity index (χ2n) is 13.5. The van der Waals surface area contributed by atoms with Crippen LogP contribution >= 0.6 is 0 Å². The summed E-state index contributed by atoms with van der Waals surface area (Å²) in [6.45, 7) is 5.66. The summed E-state index contributed by atoms with van der Waals surface area (Å²) in [6, 6.07) is 10.5. The van der Waals surface area contributed by atoms with Crippen LogP contribution in [0, 0.1) is 40.8 Å². The SMILES string of the molecule is C=CCCc1c(F)cc(OC(F)(F)c2c(F)cc(-c3ccc(-c4ccc(C5CCC(CCCCCCC)CC5)cc4F)cc3F)cc2F)cc1F. The zero-order valence-electron chi connectivity index (χ0n) is 28.6. The summed E-state index contributed by atoms with van der Waals surface area (Å²) in [5.41, 5.74) is -1.67. The van der Waals surface area contributed by atoms with Gasteiger partial charge in [-0.25, -0.2) is 26.3 Å². The number of hydrogen-bond acceptors (Lipinski definition) is 1. The summed E-state index contributed by atoms with van der Waals surface area (Å²) in [6.07, 6.45) is 8.67. The molecular weight excluding hydrogens is 672 g/mol. The molecular formula is C42H42F8O. The van der Waals surface area contributed by atoms with Gasteiger partial charge in [-0.2, -0.15) is 8.78 Å². The summed E-state index contributed by atoms with van der Waals surface area (Å²) in [5, 5.41) is 0. The molecule has 0 saturated heterocycles. The fourth-order valence-corrected chi connectivity index (χ4v) is 7.09. The maximum atomic E-state index is 15.4. The molecule has 272 valence electrons. The molecule has 1 nitrogen and oxygen atoms in total. The van der Waals surface area contributed by atoms with Crippen molar-refractivity contribution in [1.29, 1.82) is 0 Å². The maximum absolute atomic E-state index is 15.4. The molecule has 1 aliphatic carbocycles. The minimum Gasteiger partial charge on any atom is -0.429 e. The molecule has 0 aliphatic heterocycles. The van der Waals surface area contributed by atoms with Crippen molar-refractivity contribution >= 4 is 0 Å². The van der Waals surface area contributed by atoms with Gasteiger partial charge in [-0.3, -0.25) is 0 Å².